The molecule has 1 heterocycles. The molecule has 0 aliphatic carbocycles. The predicted molar refractivity (Wildman–Crippen MR) is 118 cm³/mol. The molecule has 0 bridgehead atoms. The monoisotopic (exact) mass is 417 g/mol. The highest BCUT2D eigenvalue weighted by molar-refractivity contribution is 7.89. The second kappa shape index (κ2) is 9.49. The van der Waals surface area contributed by atoms with Crippen molar-refractivity contribution in [3.05, 3.63) is 59.7 Å². The Hall–Kier alpha value is -1.96. The fraction of sp³-hybridized carbons (Fsp3) is 0.381. The van der Waals surface area contributed by atoms with Crippen LogP contribution in [0.4, 0.5) is 5.69 Å². The van der Waals surface area contributed by atoms with Crippen molar-refractivity contribution in [2.24, 2.45) is 0 Å². The fourth-order valence-electron chi connectivity index (χ4n) is 3.28. The third-order valence-corrected chi connectivity index (χ3v) is 7.09. The molecule has 1 aliphatic rings. The van der Waals surface area contributed by atoms with Crippen molar-refractivity contribution >= 4 is 33.0 Å². The highest BCUT2D eigenvalue weighted by Gasteiger charge is 2.26. The molecule has 0 aromatic heterocycles. The molecule has 2 aromatic carbocycles. The van der Waals surface area contributed by atoms with Gasteiger partial charge in [-0.25, -0.2) is 8.42 Å². The second-order valence-corrected chi connectivity index (χ2v) is 9.40. The zero-order valence-corrected chi connectivity index (χ0v) is 17.8. The molecule has 0 atom stereocenters. The Balaban J connectivity index is 1.63. The van der Waals surface area contributed by atoms with E-state index in [1.54, 1.807) is 16.4 Å². The van der Waals surface area contributed by atoms with Crippen LogP contribution in [0.15, 0.2) is 53.4 Å². The summed E-state index contributed by atoms with van der Waals surface area (Å²) in [5.41, 5.74) is 2.91. The van der Waals surface area contributed by atoms with Gasteiger partial charge in [0, 0.05) is 25.3 Å². The number of anilines is 1. The van der Waals surface area contributed by atoms with Crippen LogP contribution in [0.3, 0.4) is 0 Å². The number of nitrogens with one attached hydrogen (secondary N) is 2. The number of hydrogen-bond donors (Lipinski definition) is 2. The molecule has 1 fully saturated rings. The Morgan fingerprint density at radius 3 is 2.50 bits per heavy atom. The fourth-order valence-corrected chi connectivity index (χ4v) is 5.04. The molecule has 150 valence electrons. The summed E-state index contributed by atoms with van der Waals surface area (Å²) in [4.78, 5) is 0.314. The molecule has 3 rings (SSSR count). The summed E-state index contributed by atoms with van der Waals surface area (Å²) in [6, 6.07) is 15.4. The van der Waals surface area contributed by atoms with Gasteiger partial charge in [0.15, 0.2) is 5.11 Å². The zero-order chi connectivity index (χ0) is 20.0. The first kappa shape index (κ1) is 20.8. The standard InChI is InChI=1S/C21H27N3O2S2/c1-17-10-11-19(28(25,26)24-14-6-3-7-15-24)16-20(17)23-21(27)22-13-12-18-8-4-2-5-9-18/h2,4-5,8-11,16H,3,6-7,12-15H2,1H3,(H2,22,23,27). The normalized spacial score (nSPS) is 15.2. The van der Waals surface area contributed by atoms with Crippen LogP contribution in [0, 0.1) is 6.92 Å². The average Bonchev–Trinajstić information content (AvgIpc) is 2.71. The van der Waals surface area contributed by atoms with Crippen LogP contribution in [-0.2, 0) is 16.4 Å². The van der Waals surface area contributed by atoms with Gasteiger partial charge in [-0.05, 0) is 61.7 Å². The number of nitrogens with zero attached hydrogens (tertiary/aromatic N) is 1. The largest absolute Gasteiger partial charge is 0.362 e. The van der Waals surface area contributed by atoms with Gasteiger partial charge >= 0.3 is 0 Å². The molecular weight excluding hydrogens is 390 g/mol. The molecule has 0 saturated carbocycles. The number of sulfonamides is 1. The highest BCUT2D eigenvalue weighted by atomic mass is 32.2. The number of piperidine rings is 1. The lowest BCUT2D eigenvalue weighted by Gasteiger charge is -2.26. The first-order valence-corrected chi connectivity index (χ1v) is 11.5. The number of rotatable bonds is 6. The van der Waals surface area contributed by atoms with Gasteiger partial charge in [-0.3, -0.25) is 0 Å². The minimum Gasteiger partial charge on any atom is -0.362 e. The number of thiocarbonyl (C=S) groups is 1. The lowest BCUT2D eigenvalue weighted by molar-refractivity contribution is 0.346. The predicted octanol–water partition coefficient (Wildman–Crippen LogP) is 3.70. The first-order valence-electron chi connectivity index (χ1n) is 9.66. The first-order chi connectivity index (χ1) is 13.5. The van der Waals surface area contributed by atoms with Crippen LogP contribution >= 0.6 is 12.2 Å². The van der Waals surface area contributed by atoms with E-state index in [2.05, 4.69) is 22.8 Å². The van der Waals surface area contributed by atoms with E-state index in [0.717, 1.165) is 36.9 Å². The Bertz CT molecular complexity index is 909. The van der Waals surface area contributed by atoms with Crippen molar-refractivity contribution < 1.29 is 8.42 Å². The molecule has 7 heteroatoms. The Morgan fingerprint density at radius 1 is 1.07 bits per heavy atom. The summed E-state index contributed by atoms with van der Waals surface area (Å²) < 4.78 is 27.4. The van der Waals surface area contributed by atoms with Crippen molar-refractivity contribution in [2.45, 2.75) is 37.5 Å². The highest BCUT2D eigenvalue weighted by Crippen LogP contribution is 2.25. The summed E-state index contributed by atoms with van der Waals surface area (Å²) in [5.74, 6) is 0. The molecule has 1 aliphatic heterocycles. The van der Waals surface area contributed by atoms with E-state index in [0.29, 0.717) is 29.6 Å². The van der Waals surface area contributed by atoms with Gasteiger partial charge in [0.05, 0.1) is 4.90 Å². The number of aryl methyl sites for hydroxylation is 1. The SMILES string of the molecule is Cc1ccc(S(=O)(=O)N2CCCCC2)cc1NC(=S)NCCc1ccccc1. The van der Waals surface area contributed by atoms with Gasteiger partial charge in [0.2, 0.25) is 10.0 Å². The minimum atomic E-state index is -3.46. The van der Waals surface area contributed by atoms with Crippen molar-refractivity contribution in [3.8, 4) is 0 Å². The van der Waals surface area contributed by atoms with Crippen LogP contribution in [0.2, 0.25) is 0 Å². The van der Waals surface area contributed by atoms with Crippen LogP contribution in [0.25, 0.3) is 0 Å². The van der Waals surface area contributed by atoms with Crippen LogP contribution in [0.1, 0.15) is 30.4 Å². The molecule has 0 radical (unpaired) electrons. The third kappa shape index (κ3) is 5.31. The molecule has 1 saturated heterocycles. The summed E-state index contributed by atoms with van der Waals surface area (Å²) in [7, 11) is -3.46. The molecular formula is C21H27N3O2S2. The smallest absolute Gasteiger partial charge is 0.243 e. The summed E-state index contributed by atoms with van der Waals surface area (Å²) in [5, 5.41) is 6.83. The van der Waals surface area contributed by atoms with E-state index in [-0.39, 0.29) is 0 Å². The lowest BCUT2D eigenvalue weighted by Crippen LogP contribution is -2.35. The van der Waals surface area contributed by atoms with Crippen molar-refractivity contribution in [1.29, 1.82) is 0 Å². The summed E-state index contributed by atoms with van der Waals surface area (Å²) in [6.07, 6.45) is 3.80. The third-order valence-electron chi connectivity index (χ3n) is 4.95. The van der Waals surface area contributed by atoms with Crippen LogP contribution in [0.5, 0.6) is 0 Å². The number of benzene rings is 2. The van der Waals surface area contributed by atoms with Crippen LogP contribution < -0.4 is 10.6 Å². The van der Waals surface area contributed by atoms with E-state index in [1.807, 2.05) is 31.2 Å². The van der Waals surface area contributed by atoms with E-state index < -0.39 is 10.0 Å². The van der Waals surface area contributed by atoms with E-state index in [9.17, 15) is 8.42 Å². The minimum absolute atomic E-state index is 0.314. The number of hydrogen-bond acceptors (Lipinski definition) is 3. The zero-order valence-electron chi connectivity index (χ0n) is 16.1. The van der Waals surface area contributed by atoms with E-state index in [1.165, 1.54) is 5.56 Å². The lowest BCUT2D eigenvalue weighted by atomic mass is 10.1. The van der Waals surface area contributed by atoms with Crippen molar-refractivity contribution in [2.75, 3.05) is 25.0 Å². The average molecular weight is 418 g/mol. The maximum Gasteiger partial charge on any atom is 0.243 e. The van der Waals surface area contributed by atoms with E-state index in [4.69, 9.17) is 12.2 Å². The molecule has 28 heavy (non-hydrogen) atoms. The van der Waals surface area contributed by atoms with Gasteiger partial charge in [-0.15, -0.1) is 0 Å². The maximum absolute atomic E-state index is 12.9. The van der Waals surface area contributed by atoms with Gasteiger partial charge in [-0.2, -0.15) is 4.31 Å². The Kier molecular flexibility index (Phi) is 7.04. The molecule has 0 unspecified atom stereocenters. The van der Waals surface area contributed by atoms with Gasteiger partial charge in [-0.1, -0.05) is 42.8 Å². The molecule has 5 nitrogen and oxygen atoms in total. The summed E-state index contributed by atoms with van der Waals surface area (Å²) in [6.45, 7) is 3.84. The Morgan fingerprint density at radius 2 is 1.79 bits per heavy atom. The summed E-state index contributed by atoms with van der Waals surface area (Å²) >= 11 is 5.39. The molecule has 0 spiro atoms. The molecule has 2 N–H and O–H groups in total. The molecule has 2 aromatic rings. The van der Waals surface area contributed by atoms with Gasteiger partial charge in [0.1, 0.15) is 0 Å². The quantitative estimate of drug-likeness (QED) is 0.702. The maximum atomic E-state index is 12.9. The Labute approximate surface area is 173 Å². The van der Waals surface area contributed by atoms with Gasteiger partial charge < -0.3 is 10.6 Å². The van der Waals surface area contributed by atoms with Crippen molar-refractivity contribution in [1.82, 2.24) is 9.62 Å². The molecule has 0 amide bonds. The van der Waals surface area contributed by atoms with Crippen LogP contribution in [-0.4, -0.2) is 37.5 Å². The van der Waals surface area contributed by atoms with Gasteiger partial charge in [0.25, 0.3) is 0 Å². The van der Waals surface area contributed by atoms with E-state index >= 15 is 0 Å². The van der Waals surface area contributed by atoms with Crippen molar-refractivity contribution in [3.63, 3.8) is 0 Å². The second-order valence-electron chi connectivity index (χ2n) is 7.06. The topological polar surface area (TPSA) is 61.4 Å².